The third-order valence-corrected chi connectivity index (χ3v) is 2.44. The molecule has 0 aliphatic heterocycles. The van der Waals surface area contributed by atoms with Gasteiger partial charge in [0.1, 0.15) is 5.82 Å². The molecule has 0 bridgehead atoms. The Morgan fingerprint density at radius 1 is 1.24 bits per heavy atom. The summed E-state index contributed by atoms with van der Waals surface area (Å²) in [4.78, 5) is 3.98. The molecule has 0 spiro atoms. The van der Waals surface area contributed by atoms with Crippen molar-refractivity contribution in [2.75, 3.05) is 12.4 Å². The highest BCUT2D eigenvalue weighted by molar-refractivity contribution is 6.31. The van der Waals surface area contributed by atoms with Crippen molar-refractivity contribution in [1.29, 1.82) is 0 Å². The summed E-state index contributed by atoms with van der Waals surface area (Å²) in [6, 6.07) is 7.94. The molecule has 3 nitrogen and oxygen atoms in total. The summed E-state index contributed by atoms with van der Waals surface area (Å²) < 4.78 is 18.0. The number of rotatable bonds is 3. The van der Waals surface area contributed by atoms with Crippen LogP contribution in [0.1, 0.15) is 0 Å². The first-order valence-corrected chi connectivity index (χ1v) is 5.29. The molecular formula is C12H10ClFN2O. The number of ether oxygens (including phenoxy) is 1. The molecule has 88 valence electrons. The Bertz CT molecular complexity index is 534. The summed E-state index contributed by atoms with van der Waals surface area (Å²) >= 11 is 5.69. The Morgan fingerprint density at radius 2 is 2.00 bits per heavy atom. The third kappa shape index (κ3) is 2.85. The first-order valence-electron chi connectivity index (χ1n) is 4.91. The molecule has 17 heavy (non-hydrogen) atoms. The zero-order valence-corrected chi connectivity index (χ0v) is 9.83. The topological polar surface area (TPSA) is 34.1 Å². The Labute approximate surface area is 103 Å². The fourth-order valence-electron chi connectivity index (χ4n) is 1.34. The van der Waals surface area contributed by atoms with Crippen molar-refractivity contribution in [2.24, 2.45) is 0 Å². The number of halogens is 2. The summed E-state index contributed by atoms with van der Waals surface area (Å²) in [6.45, 7) is 0. The van der Waals surface area contributed by atoms with Gasteiger partial charge in [0.2, 0.25) is 5.88 Å². The van der Waals surface area contributed by atoms with Crippen LogP contribution in [0.3, 0.4) is 0 Å². The SMILES string of the molecule is COc1cc(Nc2ccc(F)c(Cl)c2)ccn1. The molecule has 0 saturated carbocycles. The number of aromatic nitrogens is 1. The predicted octanol–water partition coefficient (Wildman–Crippen LogP) is 3.63. The maximum atomic E-state index is 13.0. The molecule has 1 heterocycles. The van der Waals surface area contributed by atoms with E-state index in [-0.39, 0.29) is 5.02 Å². The van der Waals surface area contributed by atoms with Crippen LogP contribution in [0.25, 0.3) is 0 Å². The van der Waals surface area contributed by atoms with Crippen molar-refractivity contribution in [1.82, 2.24) is 4.98 Å². The van der Waals surface area contributed by atoms with Crippen molar-refractivity contribution in [3.8, 4) is 5.88 Å². The van der Waals surface area contributed by atoms with Gasteiger partial charge in [-0.15, -0.1) is 0 Å². The Balaban J connectivity index is 2.22. The maximum absolute atomic E-state index is 13.0. The molecule has 0 fully saturated rings. The second-order valence-corrected chi connectivity index (χ2v) is 3.75. The molecule has 1 aromatic carbocycles. The van der Waals surface area contributed by atoms with E-state index in [1.54, 1.807) is 31.5 Å². The van der Waals surface area contributed by atoms with E-state index in [0.29, 0.717) is 11.6 Å². The summed E-state index contributed by atoms with van der Waals surface area (Å²) in [5, 5.41) is 3.16. The summed E-state index contributed by atoms with van der Waals surface area (Å²) in [5.74, 6) is 0.0627. The second-order valence-electron chi connectivity index (χ2n) is 3.34. The predicted molar refractivity (Wildman–Crippen MR) is 65.5 cm³/mol. The first kappa shape index (κ1) is 11.7. The van der Waals surface area contributed by atoms with Gasteiger partial charge < -0.3 is 10.1 Å². The van der Waals surface area contributed by atoms with Crippen LogP contribution < -0.4 is 10.1 Å². The van der Waals surface area contributed by atoms with Gasteiger partial charge in [0, 0.05) is 23.6 Å². The van der Waals surface area contributed by atoms with Gasteiger partial charge in [-0.1, -0.05) is 11.6 Å². The fraction of sp³-hybridized carbons (Fsp3) is 0.0833. The lowest BCUT2D eigenvalue weighted by Gasteiger charge is -2.07. The van der Waals surface area contributed by atoms with Gasteiger partial charge in [-0.3, -0.25) is 0 Å². The molecular weight excluding hydrogens is 243 g/mol. The average Bonchev–Trinajstić information content (AvgIpc) is 2.34. The van der Waals surface area contributed by atoms with Crippen molar-refractivity contribution in [3.63, 3.8) is 0 Å². The van der Waals surface area contributed by atoms with Crippen molar-refractivity contribution < 1.29 is 9.13 Å². The zero-order chi connectivity index (χ0) is 12.3. The minimum atomic E-state index is -0.440. The van der Waals surface area contributed by atoms with Gasteiger partial charge in [-0.25, -0.2) is 9.37 Å². The number of pyridine rings is 1. The third-order valence-electron chi connectivity index (χ3n) is 2.15. The minimum Gasteiger partial charge on any atom is -0.481 e. The molecule has 0 aliphatic rings. The van der Waals surface area contributed by atoms with E-state index in [1.165, 1.54) is 12.1 Å². The Morgan fingerprint density at radius 3 is 2.71 bits per heavy atom. The van der Waals surface area contributed by atoms with Gasteiger partial charge in [-0.05, 0) is 24.3 Å². The lowest BCUT2D eigenvalue weighted by molar-refractivity contribution is 0.398. The van der Waals surface area contributed by atoms with Gasteiger partial charge in [0.15, 0.2) is 0 Å². The summed E-state index contributed by atoms with van der Waals surface area (Å²) in [6.07, 6.45) is 1.62. The monoisotopic (exact) mass is 252 g/mol. The summed E-state index contributed by atoms with van der Waals surface area (Å²) in [7, 11) is 1.54. The highest BCUT2D eigenvalue weighted by Crippen LogP contribution is 2.23. The Kier molecular flexibility index (Phi) is 3.44. The highest BCUT2D eigenvalue weighted by atomic mass is 35.5. The van der Waals surface area contributed by atoms with Crippen LogP contribution in [0.2, 0.25) is 5.02 Å². The lowest BCUT2D eigenvalue weighted by Crippen LogP contribution is -1.93. The maximum Gasteiger partial charge on any atom is 0.214 e. The van der Waals surface area contributed by atoms with E-state index in [9.17, 15) is 4.39 Å². The Hall–Kier alpha value is -1.81. The van der Waals surface area contributed by atoms with Crippen LogP contribution in [0.5, 0.6) is 5.88 Å². The van der Waals surface area contributed by atoms with Gasteiger partial charge in [0.25, 0.3) is 0 Å². The molecule has 2 aromatic rings. The van der Waals surface area contributed by atoms with Crippen molar-refractivity contribution in [2.45, 2.75) is 0 Å². The number of anilines is 2. The number of nitrogens with zero attached hydrogens (tertiary/aromatic N) is 1. The van der Waals surface area contributed by atoms with Crippen LogP contribution in [0.15, 0.2) is 36.5 Å². The van der Waals surface area contributed by atoms with Crippen LogP contribution in [0, 0.1) is 5.82 Å². The second kappa shape index (κ2) is 5.01. The fourth-order valence-corrected chi connectivity index (χ4v) is 1.52. The molecule has 1 N–H and O–H groups in total. The molecule has 1 aromatic heterocycles. The highest BCUT2D eigenvalue weighted by Gasteiger charge is 2.02. The van der Waals surface area contributed by atoms with Gasteiger partial charge in [-0.2, -0.15) is 0 Å². The van der Waals surface area contributed by atoms with Gasteiger partial charge in [0.05, 0.1) is 12.1 Å². The number of nitrogens with one attached hydrogen (secondary N) is 1. The number of hydrogen-bond donors (Lipinski definition) is 1. The molecule has 0 unspecified atom stereocenters. The van der Waals surface area contributed by atoms with Gasteiger partial charge >= 0.3 is 0 Å². The average molecular weight is 253 g/mol. The largest absolute Gasteiger partial charge is 0.481 e. The lowest BCUT2D eigenvalue weighted by atomic mass is 10.3. The van der Waals surface area contributed by atoms with E-state index in [1.807, 2.05) is 0 Å². The molecule has 0 aliphatic carbocycles. The number of benzene rings is 1. The molecule has 2 rings (SSSR count). The first-order chi connectivity index (χ1) is 8.19. The van der Waals surface area contributed by atoms with Crippen molar-refractivity contribution in [3.05, 3.63) is 47.4 Å². The van der Waals surface area contributed by atoms with Crippen LogP contribution in [0.4, 0.5) is 15.8 Å². The van der Waals surface area contributed by atoms with E-state index in [4.69, 9.17) is 16.3 Å². The standard InChI is InChI=1S/C12H10ClFN2O/c1-17-12-7-9(4-5-15-12)16-8-2-3-11(14)10(13)6-8/h2-7H,1H3,(H,15,16). The smallest absolute Gasteiger partial charge is 0.214 e. The van der Waals surface area contributed by atoms with Crippen molar-refractivity contribution >= 4 is 23.0 Å². The number of methoxy groups -OCH3 is 1. The molecule has 0 amide bonds. The molecule has 0 radical (unpaired) electrons. The van der Waals surface area contributed by atoms with Crippen LogP contribution in [-0.2, 0) is 0 Å². The van der Waals surface area contributed by atoms with E-state index in [2.05, 4.69) is 10.3 Å². The molecule has 0 saturated heterocycles. The normalized spacial score (nSPS) is 10.1. The van der Waals surface area contributed by atoms with E-state index < -0.39 is 5.82 Å². The molecule has 0 atom stereocenters. The zero-order valence-electron chi connectivity index (χ0n) is 9.08. The number of hydrogen-bond acceptors (Lipinski definition) is 3. The van der Waals surface area contributed by atoms with Crippen LogP contribution in [-0.4, -0.2) is 12.1 Å². The quantitative estimate of drug-likeness (QED) is 0.906. The molecule has 5 heteroatoms. The van der Waals surface area contributed by atoms with E-state index >= 15 is 0 Å². The summed E-state index contributed by atoms with van der Waals surface area (Å²) in [5.41, 5.74) is 1.49. The minimum absolute atomic E-state index is 0.0796. The van der Waals surface area contributed by atoms with E-state index in [0.717, 1.165) is 5.69 Å². The van der Waals surface area contributed by atoms with Crippen LogP contribution >= 0.6 is 11.6 Å².